The third-order valence-electron chi connectivity index (χ3n) is 7.57. The molecule has 39 heavy (non-hydrogen) atoms. The highest BCUT2D eigenvalue weighted by Crippen LogP contribution is 2.45. The molecule has 0 radical (unpaired) electrons. The Morgan fingerprint density at radius 3 is 1.92 bits per heavy atom. The van der Waals surface area contributed by atoms with Crippen molar-refractivity contribution < 1.29 is 40.6 Å². The van der Waals surface area contributed by atoms with E-state index in [4.69, 9.17) is 9.47 Å². The normalized spacial score (nSPS) is 20.7. The first-order chi connectivity index (χ1) is 18.1. The predicted molar refractivity (Wildman–Crippen MR) is 134 cm³/mol. The number of benzene rings is 2. The second-order valence-corrected chi connectivity index (χ2v) is 10.4. The van der Waals surface area contributed by atoms with Crippen molar-refractivity contribution in [3.8, 4) is 11.5 Å². The van der Waals surface area contributed by atoms with Gasteiger partial charge in [0.1, 0.15) is 11.5 Å². The van der Waals surface area contributed by atoms with E-state index in [1.807, 2.05) is 32.9 Å². The maximum Gasteiger partial charge on any atom is 0.416 e. The lowest BCUT2D eigenvalue weighted by Gasteiger charge is -2.33. The van der Waals surface area contributed by atoms with Crippen LogP contribution in [0, 0.1) is 11.3 Å². The zero-order chi connectivity index (χ0) is 29.2. The van der Waals surface area contributed by atoms with Gasteiger partial charge < -0.3 is 20.1 Å². The van der Waals surface area contributed by atoms with E-state index < -0.39 is 35.4 Å². The molecule has 0 bridgehead atoms. The van der Waals surface area contributed by atoms with E-state index in [9.17, 15) is 31.1 Å². The maximum absolute atomic E-state index is 13.4. The van der Waals surface area contributed by atoms with Gasteiger partial charge in [0.2, 0.25) is 5.91 Å². The summed E-state index contributed by atoms with van der Waals surface area (Å²) in [6.07, 6.45) is -8.23. The Morgan fingerprint density at radius 1 is 0.923 bits per heavy atom. The van der Waals surface area contributed by atoms with Crippen LogP contribution in [0.15, 0.2) is 36.4 Å². The van der Waals surface area contributed by atoms with Crippen LogP contribution in [-0.2, 0) is 23.7 Å². The Kier molecular flexibility index (Phi) is 9.14. The molecule has 0 heterocycles. The fourth-order valence-electron chi connectivity index (χ4n) is 5.22. The van der Waals surface area contributed by atoms with Crippen LogP contribution in [0.1, 0.15) is 68.3 Å². The topological polar surface area (TPSA) is 59.6 Å². The van der Waals surface area contributed by atoms with Crippen molar-refractivity contribution in [3.63, 3.8) is 0 Å². The standard InChI is InChI=1S/C28H34F6N2O3/c1-16(2)26(7-6-22(14-26)36-17(3)19-10-23(38-4)13-24(11-19)39-5)25(37)35-15-18-8-20(27(29,30)31)12-21(9-18)28(32,33)34/h8-13,16-17,22,36H,6-7,14-15H2,1-5H3,(H,35,37)/t17?,22-,26+/m1/s1. The number of hydrogen-bond donors (Lipinski definition) is 2. The molecule has 2 aromatic rings. The lowest BCUT2D eigenvalue weighted by molar-refractivity contribution is -0.143. The summed E-state index contributed by atoms with van der Waals surface area (Å²) in [5.41, 5.74) is -2.97. The van der Waals surface area contributed by atoms with Gasteiger partial charge in [-0.15, -0.1) is 0 Å². The summed E-state index contributed by atoms with van der Waals surface area (Å²) in [7, 11) is 3.12. The van der Waals surface area contributed by atoms with E-state index in [2.05, 4.69) is 10.6 Å². The molecule has 2 N–H and O–H groups in total. The van der Waals surface area contributed by atoms with Crippen LogP contribution in [0.4, 0.5) is 26.3 Å². The van der Waals surface area contributed by atoms with Crippen molar-refractivity contribution in [1.29, 1.82) is 0 Å². The maximum atomic E-state index is 13.4. The van der Waals surface area contributed by atoms with E-state index in [-0.39, 0.29) is 35.5 Å². The lowest BCUT2D eigenvalue weighted by atomic mass is 9.74. The number of alkyl halides is 6. The van der Waals surface area contributed by atoms with Gasteiger partial charge in [0.15, 0.2) is 0 Å². The van der Waals surface area contributed by atoms with Crippen molar-refractivity contribution in [1.82, 2.24) is 10.6 Å². The molecule has 1 fully saturated rings. The minimum absolute atomic E-state index is 0.0317. The molecule has 1 amide bonds. The summed E-state index contributed by atoms with van der Waals surface area (Å²) in [6.45, 7) is 5.32. The van der Waals surface area contributed by atoms with E-state index >= 15 is 0 Å². The number of carbonyl (C=O) groups excluding carboxylic acids is 1. The Hall–Kier alpha value is -2.95. The predicted octanol–water partition coefficient (Wildman–Crippen LogP) is 6.90. The van der Waals surface area contributed by atoms with E-state index in [0.717, 1.165) is 5.56 Å². The number of hydrogen-bond acceptors (Lipinski definition) is 4. The smallest absolute Gasteiger partial charge is 0.416 e. The first kappa shape index (κ1) is 30.6. The highest BCUT2D eigenvalue weighted by Gasteiger charge is 2.47. The summed E-state index contributed by atoms with van der Waals surface area (Å²) < 4.78 is 90.0. The van der Waals surface area contributed by atoms with Crippen LogP contribution in [0.25, 0.3) is 0 Å². The Balaban J connectivity index is 1.74. The molecule has 0 saturated heterocycles. The molecule has 11 heteroatoms. The number of amides is 1. The molecule has 5 nitrogen and oxygen atoms in total. The Morgan fingerprint density at radius 2 is 1.46 bits per heavy atom. The molecule has 0 aliphatic heterocycles. The molecule has 1 unspecified atom stereocenters. The quantitative estimate of drug-likeness (QED) is 0.328. The van der Waals surface area contributed by atoms with Crippen molar-refractivity contribution >= 4 is 5.91 Å². The van der Waals surface area contributed by atoms with Gasteiger partial charge >= 0.3 is 12.4 Å². The Labute approximate surface area is 224 Å². The summed E-state index contributed by atoms with van der Waals surface area (Å²) in [6, 6.07) is 6.77. The van der Waals surface area contributed by atoms with Crippen LogP contribution < -0.4 is 20.1 Å². The van der Waals surface area contributed by atoms with E-state index in [1.165, 1.54) is 0 Å². The molecular formula is C28H34F6N2O3. The van der Waals surface area contributed by atoms with Crippen molar-refractivity contribution in [2.24, 2.45) is 11.3 Å². The molecule has 2 aromatic carbocycles. The van der Waals surface area contributed by atoms with Crippen molar-refractivity contribution in [2.45, 2.75) is 71.0 Å². The third kappa shape index (κ3) is 7.17. The van der Waals surface area contributed by atoms with Crippen molar-refractivity contribution in [2.75, 3.05) is 14.2 Å². The van der Waals surface area contributed by atoms with E-state index in [0.29, 0.717) is 42.9 Å². The lowest BCUT2D eigenvalue weighted by Crippen LogP contribution is -2.44. The summed E-state index contributed by atoms with van der Waals surface area (Å²) in [5.74, 6) is 0.791. The second-order valence-electron chi connectivity index (χ2n) is 10.4. The average Bonchev–Trinajstić information content (AvgIpc) is 3.30. The summed E-state index contributed by atoms with van der Waals surface area (Å²) in [4.78, 5) is 13.4. The van der Waals surface area contributed by atoms with Gasteiger partial charge in [-0.2, -0.15) is 26.3 Å². The van der Waals surface area contributed by atoms with Gasteiger partial charge in [0, 0.05) is 24.7 Å². The van der Waals surface area contributed by atoms with Crippen LogP contribution in [-0.4, -0.2) is 26.2 Å². The fraction of sp³-hybridized carbons (Fsp3) is 0.536. The SMILES string of the molecule is COc1cc(OC)cc(C(C)N[C@@H]2CC[C@@](C(=O)NCc3cc(C(F)(F)F)cc(C(F)(F)F)c3)(C(C)C)C2)c1. The second kappa shape index (κ2) is 11.7. The van der Waals surface area contributed by atoms with Gasteiger partial charge in [-0.25, -0.2) is 0 Å². The van der Waals surface area contributed by atoms with Gasteiger partial charge in [-0.05, 0) is 73.6 Å². The molecule has 1 aliphatic carbocycles. The molecule has 216 valence electrons. The molecule has 3 rings (SSSR count). The highest BCUT2D eigenvalue weighted by atomic mass is 19.4. The summed E-state index contributed by atoms with van der Waals surface area (Å²) >= 11 is 0. The van der Waals surface area contributed by atoms with Gasteiger partial charge in [0.25, 0.3) is 0 Å². The molecule has 0 spiro atoms. The number of ether oxygens (including phenoxy) is 2. The number of carbonyl (C=O) groups is 1. The zero-order valence-electron chi connectivity index (χ0n) is 22.5. The average molecular weight is 561 g/mol. The monoisotopic (exact) mass is 560 g/mol. The molecule has 1 saturated carbocycles. The van der Waals surface area contributed by atoms with Crippen molar-refractivity contribution in [3.05, 3.63) is 58.7 Å². The van der Waals surface area contributed by atoms with Crippen LogP contribution in [0.3, 0.4) is 0 Å². The number of nitrogens with one attached hydrogen (secondary N) is 2. The van der Waals surface area contributed by atoms with Gasteiger partial charge in [-0.3, -0.25) is 4.79 Å². The molecule has 3 atom stereocenters. The number of halogens is 6. The minimum atomic E-state index is -4.95. The Bertz CT molecular complexity index is 1110. The van der Waals surface area contributed by atoms with Gasteiger partial charge in [-0.1, -0.05) is 13.8 Å². The van der Waals surface area contributed by atoms with Crippen LogP contribution in [0.5, 0.6) is 11.5 Å². The molecular weight excluding hydrogens is 526 g/mol. The zero-order valence-corrected chi connectivity index (χ0v) is 22.5. The van der Waals surface area contributed by atoms with Crippen LogP contribution >= 0.6 is 0 Å². The summed E-state index contributed by atoms with van der Waals surface area (Å²) in [5, 5.41) is 6.16. The number of methoxy groups -OCH3 is 2. The minimum Gasteiger partial charge on any atom is -0.497 e. The molecule has 1 aliphatic rings. The number of rotatable bonds is 9. The third-order valence-corrected chi connectivity index (χ3v) is 7.57. The van der Waals surface area contributed by atoms with Crippen LogP contribution in [0.2, 0.25) is 0 Å². The first-order valence-electron chi connectivity index (χ1n) is 12.6. The molecule has 0 aromatic heterocycles. The first-order valence-corrected chi connectivity index (χ1v) is 12.6. The largest absolute Gasteiger partial charge is 0.497 e. The highest BCUT2D eigenvalue weighted by molar-refractivity contribution is 5.83. The van der Waals surface area contributed by atoms with E-state index in [1.54, 1.807) is 20.3 Å². The fourth-order valence-corrected chi connectivity index (χ4v) is 5.22. The van der Waals surface area contributed by atoms with Gasteiger partial charge in [0.05, 0.1) is 30.8 Å².